The van der Waals surface area contributed by atoms with Gasteiger partial charge in [-0.1, -0.05) is 46.4 Å². The maximum Gasteiger partial charge on any atom is 0.338 e. The first-order valence-electron chi connectivity index (χ1n) is 7.10. The van der Waals surface area contributed by atoms with Crippen molar-refractivity contribution in [2.75, 3.05) is 0 Å². The lowest BCUT2D eigenvalue weighted by Crippen LogP contribution is -2.48. The average Bonchev–Trinajstić information content (AvgIpc) is 2.47. The summed E-state index contributed by atoms with van der Waals surface area (Å²) in [7, 11) is 0. The summed E-state index contributed by atoms with van der Waals surface area (Å²) in [5.41, 5.74) is -0.625. The van der Waals surface area contributed by atoms with Crippen LogP contribution in [-0.2, 0) is 0 Å². The molecule has 8 heteroatoms. The molecule has 2 unspecified atom stereocenters. The summed E-state index contributed by atoms with van der Waals surface area (Å²) in [4.78, 5) is 26.2. The standard InChI is InChI=1S/C15H15Cl4NO3/c1-6-4-3-5-7(2)20(6)14(21)8-9(15(22)23)11(17)13(19)12(18)10(8)16/h6-7H,3-5H2,1-2H3,(H,22,23). The van der Waals surface area contributed by atoms with E-state index < -0.39 is 17.4 Å². The number of carbonyl (C=O) groups excluding carboxylic acids is 1. The van der Waals surface area contributed by atoms with Gasteiger partial charge in [0.1, 0.15) is 0 Å². The number of carbonyl (C=O) groups is 2. The first-order chi connectivity index (χ1) is 10.7. The topological polar surface area (TPSA) is 57.6 Å². The van der Waals surface area contributed by atoms with Gasteiger partial charge in [-0.3, -0.25) is 4.79 Å². The summed E-state index contributed by atoms with van der Waals surface area (Å²) in [6.07, 6.45) is 2.68. The van der Waals surface area contributed by atoms with Crippen molar-refractivity contribution in [2.24, 2.45) is 0 Å². The van der Waals surface area contributed by atoms with E-state index in [2.05, 4.69) is 0 Å². The van der Waals surface area contributed by atoms with Gasteiger partial charge in [-0.2, -0.15) is 0 Å². The van der Waals surface area contributed by atoms with E-state index >= 15 is 0 Å². The molecule has 0 spiro atoms. The molecule has 0 saturated carbocycles. The van der Waals surface area contributed by atoms with Crippen LogP contribution < -0.4 is 0 Å². The van der Waals surface area contributed by atoms with Crippen molar-refractivity contribution >= 4 is 58.3 Å². The van der Waals surface area contributed by atoms with Gasteiger partial charge in [0.25, 0.3) is 5.91 Å². The van der Waals surface area contributed by atoms with E-state index in [4.69, 9.17) is 46.4 Å². The number of hydrogen-bond donors (Lipinski definition) is 1. The molecule has 1 fully saturated rings. The van der Waals surface area contributed by atoms with Crippen LogP contribution in [0.5, 0.6) is 0 Å². The molecular weight excluding hydrogens is 384 g/mol. The molecule has 2 atom stereocenters. The Balaban J connectivity index is 2.66. The van der Waals surface area contributed by atoms with Crippen molar-refractivity contribution in [3.63, 3.8) is 0 Å². The second-order valence-corrected chi connectivity index (χ2v) is 7.16. The van der Waals surface area contributed by atoms with E-state index in [-0.39, 0.29) is 37.7 Å². The highest BCUT2D eigenvalue weighted by Gasteiger charge is 2.36. The van der Waals surface area contributed by atoms with Crippen molar-refractivity contribution in [3.05, 3.63) is 31.2 Å². The summed E-state index contributed by atoms with van der Waals surface area (Å²) in [6.45, 7) is 3.84. The lowest BCUT2D eigenvalue weighted by Gasteiger charge is -2.39. The van der Waals surface area contributed by atoms with Gasteiger partial charge in [0.15, 0.2) is 0 Å². The minimum atomic E-state index is -1.38. The third-order valence-corrected chi connectivity index (χ3v) is 5.92. The zero-order chi connectivity index (χ0) is 17.5. The third-order valence-electron chi connectivity index (χ3n) is 4.12. The summed E-state index contributed by atoms with van der Waals surface area (Å²) in [6, 6.07) is -0.0608. The summed E-state index contributed by atoms with van der Waals surface area (Å²) in [5.74, 6) is -1.87. The van der Waals surface area contributed by atoms with E-state index in [9.17, 15) is 14.7 Å². The Bertz CT molecular complexity index is 667. The Morgan fingerprint density at radius 2 is 1.35 bits per heavy atom. The van der Waals surface area contributed by atoms with Crippen LogP contribution in [0.1, 0.15) is 53.8 Å². The molecule has 1 heterocycles. The van der Waals surface area contributed by atoms with Gasteiger partial charge in [-0.15, -0.1) is 0 Å². The SMILES string of the molecule is CC1CCCC(C)N1C(=O)c1c(Cl)c(Cl)c(Cl)c(Cl)c1C(=O)O. The van der Waals surface area contributed by atoms with E-state index in [1.807, 2.05) is 13.8 Å². The number of rotatable bonds is 2. The van der Waals surface area contributed by atoms with Crippen molar-refractivity contribution < 1.29 is 14.7 Å². The second-order valence-electron chi connectivity index (χ2n) is 5.65. The normalized spacial score (nSPS) is 21.4. The lowest BCUT2D eigenvalue weighted by atomic mass is 9.95. The highest BCUT2D eigenvalue weighted by molar-refractivity contribution is 6.54. The molecule has 1 aromatic carbocycles. The first-order valence-corrected chi connectivity index (χ1v) is 8.61. The van der Waals surface area contributed by atoms with Crippen LogP contribution in [0.3, 0.4) is 0 Å². The van der Waals surface area contributed by atoms with Crippen molar-refractivity contribution in [1.29, 1.82) is 0 Å². The monoisotopic (exact) mass is 397 g/mol. The maximum absolute atomic E-state index is 13.0. The number of amides is 1. The number of carboxylic acid groups (broad SMARTS) is 1. The van der Waals surface area contributed by atoms with Crippen LogP contribution in [0.15, 0.2) is 0 Å². The average molecular weight is 399 g/mol. The molecule has 23 heavy (non-hydrogen) atoms. The van der Waals surface area contributed by atoms with Gasteiger partial charge >= 0.3 is 5.97 Å². The molecule has 1 N–H and O–H groups in total. The van der Waals surface area contributed by atoms with E-state index in [1.165, 1.54) is 0 Å². The summed E-state index contributed by atoms with van der Waals surface area (Å²) < 4.78 is 0. The molecule has 2 rings (SSSR count). The van der Waals surface area contributed by atoms with Crippen molar-refractivity contribution in [2.45, 2.75) is 45.2 Å². The molecule has 1 aromatic rings. The predicted octanol–water partition coefficient (Wildman–Crippen LogP) is 5.40. The van der Waals surface area contributed by atoms with Crippen molar-refractivity contribution in [3.8, 4) is 0 Å². The molecule has 0 radical (unpaired) electrons. The molecule has 0 bridgehead atoms. The quantitative estimate of drug-likeness (QED) is 0.535. The van der Waals surface area contributed by atoms with E-state index in [0.717, 1.165) is 19.3 Å². The lowest BCUT2D eigenvalue weighted by molar-refractivity contribution is 0.0501. The van der Waals surface area contributed by atoms with Gasteiger partial charge in [0.05, 0.1) is 31.2 Å². The van der Waals surface area contributed by atoms with Crippen LogP contribution in [-0.4, -0.2) is 34.0 Å². The fourth-order valence-corrected chi connectivity index (χ4v) is 4.00. The van der Waals surface area contributed by atoms with E-state index in [0.29, 0.717) is 0 Å². The molecule has 1 saturated heterocycles. The van der Waals surface area contributed by atoms with Crippen LogP contribution in [0.25, 0.3) is 0 Å². The number of aromatic carboxylic acids is 1. The van der Waals surface area contributed by atoms with Gasteiger partial charge < -0.3 is 10.0 Å². The zero-order valence-electron chi connectivity index (χ0n) is 12.5. The number of hydrogen-bond acceptors (Lipinski definition) is 2. The maximum atomic E-state index is 13.0. The number of likely N-dealkylation sites (tertiary alicyclic amines) is 1. The molecule has 4 nitrogen and oxygen atoms in total. The fourth-order valence-electron chi connectivity index (χ4n) is 2.98. The largest absolute Gasteiger partial charge is 0.478 e. The molecule has 0 aliphatic carbocycles. The second kappa shape index (κ2) is 7.06. The molecule has 126 valence electrons. The van der Waals surface area contributed by atoms with Crippen LogP contribution >= 0.6 is 46.4 Å². The first kappa shape index (κ1) is 18.7. The Kier molecular flexibility index (Phi) is 5.72. The Morgan fingerprint density at radius 3 is 1.78 bits per heavy atom. The Morgan fingerprint density at radius 1 is 0.913 bits per heavy atom. The van der Waals surface area contributed by atoms with Crippen LogP contribution in [0, 0.1) is 0 Å². The number of piperidine rings is 1. The fraction of sp³-hybridized carbons (Fsp3) is 0.467. The highest BCUT2D eigenvalue weighted by Crippen LogP contribution is 2.42. The highest BCUT2D eigenvalue weighted by atomic mass is 35.5. The van der Waals surface area contributed by atoms with Crippen LogP contribution in [0.4, 0.5) is 0 Å². The van der Waals surface area contributed by atoms with Crippen LogP contribution in [0.2, 0.25) is 20.1 Å². The molecule has 1 amide bonds. The molecular formula is C15H15Cl4NO3. The predicted molar refractivity (Wildman–Crippen MR) is 92.4 cm³/mol. The van der Waals surface area contributed by atoms with Gasteiger partial charge in [-0.25, -0.2) is 4.79 Å². The van der Waals surface area contributed by atoms with Gasteiger partial charge in [0.2, 0.25) is 0 Å². The zero-order valence-corrected chi connectivity index (χ0v) is 15.5. The Labute approximate surface area is 154 Å². The van der Waals surface area contributed by atoms with E-state index in [1.54, 1.807) is 4.90 Å². The number of carboxylic acids is 1. The number of nitrogens with zero attached hydrogens (tertiary/aromatic N) is 1. The summed E-state index contributed by atoms with van der Waals surface area (Å²) >= 11 is 24.1. The number of benzene rings is 1. The van der Waals surface area contributed by atoms with Gasteiger partial charge in [0, 0.05) is 12.1 Å². The van der Waals surface area contributed by atoms with Crippen molar-refractivity contribution in [1.82, 2.24) is 4.90 Å². The van der Waals surface area contributed by atoms with Gasteiger partial charge in [-0.05, 0) is 33.1 Å². The molecule has 1 aliphatic rings. The third kappa shape index (κ3) is 3.27. The minimum Gasteiger partial charge on any atom is -0.478 e. The molecule has 0 aromatic heterocycles. The smallest absolute Gasteiger partial charge is 0.338 e. The Hall–Kier alpha value is -0.680. The summed E-state index contributed by atoms with van der Waals surface area (Å²) in [5, 5.41) is 8.68. The molecule has 1 aliphatic heterocycles. The minimum absolute atomic E-state index is 0.0304. The number of halogens is 4.